The molecule has 11 heavy (non-hydrogen) atoms. The molecule has 0 saturated heterocycles. The maximum atomic E-state index is 10.5. The second kappa shape index (κ2) is 4.66. The highest BCUT2D eigenvalue weighted by atomic mass is 16.1. The first-order valence-electron chi connectivity index (χ1n) is 3.45. The number of hydrogen-bond acceptors (Lipinski definition) is 2. The average Bonchev–Trinajstić information content (AvgIpc) is 1.86. The largest absolute Gasteiger partial charge is 0.330 e. The smallest absolute Gasteiger partial charge is 0.220 e. The number of amides is 1. The van der Waals surface area contributed by atoms with E-state index in [1.807, 2.05) is 6.92 Å². The molecule has 3 heteroatoms. The molecular weight excluding hydrogens is 142 g/mol. The van der Waals surface area contributed by atoms with Crippen LogP contribution in [0, 0.1) is 0 Å². The van der Waals surface area contributed by atoms with E-state index in [1.54, 1.807) is 6.92 Å². The molecule has 0 aliphatic heterocycles. The zero-order chi connectivity index (χ0) is 8.85. The summed E-state index contributed by atoms with van der Waals surface area (Å²) < 4.78 is 0. The van der Waals surface area contributed by atoms with Crippen LogP contribution in [-0.2, 0) is 9.59 Å². The lowest BCUT2D eigenvalue weighted by molar-refractivity contribution is -0.118. The van der Waals surface area contributed by atoms with Crippen LogP contribution in [0.4, 0.5) is 0 Å². The van der Waals surface area contributed by atoms with Gasteiger partial charge < -0.3 is 10.1 Å². The van der Waals surface area contributed by atoms with E-state index in [4.69, 9.17) is 0 Å². The Bertz CT molecular complexity index is 194. The summed E-state index contributed by atoms with van der Waals surface area (Å²) in [5, 5.41) is 2.61. The lowest BCUT2D eigenvalue weighted by Crippen LogP contribution is -2.18. The van der Waals surface area contributed by atoms with Gasteiger partial charge in [-0.3, -0.25) is 4.79 Å². The monoisotopic (exact) mass is 155 g/mol. The Morgan fingerprint density at radius 2 is 1.91 bits per heavy atom. The molecule has 0 aromatic heterocycles. The van der Waals surface area contributed by atoms with Gasteiger partial charge in [-0.2, -0.15) is 0 Å². The van der Waals surface area contributed by atoms with Crippen LogP contribution >= 0.6 is 0 Å². The van der Waals surface area contributed by atoms with E-state index in [2.05, 4.69) is 5.32 Å². The predicted molar refractivity (Wildman–Crippen MR) is 42.9 cm³/mol. The van der Waals surface area contributed by atoms with Crippen molar-refractivity contribution >= 4 is 12.2 Å². The fourth-order valence-electron chi connectivity index (χ4n) is 0.649. The second-order valence-corrected chi connectivity index (χ2v) is 2.46. The van der Waals surface area contributed by atoms with Crippen molar-refractivity contribution in [2.45, 2.75) is 27.2 Å². The number of rotatable bonds is 3. The minimum atomic E-state index is -0.104. The van der Waals surface area contributed by atoms with Gasteiger partial charge in [0.05, 0.1) is 0 Å². The van der Waals surface area contributed by atoms with Gasteiger partial charge in [0.2, 0.25) is 5.91 Å². The van der Waals surface area contributed by atoms with Gasteiger partial charge in [0, 0.05) is 19.0 Å². The van der Waals surface area contributed by atoms with Gasteiger partial charge in [-0.05, 0) is 19.4 Å². The third-order valence-corrected chi connectivity index (χ3v) is 1.39. The molecule has 0 unspecified atom stereocenters. The summed E-state index contributed by atoms with van der Waals surface area (Å²) in [4.78, 5) is 20.6. The van der Waals surface area contributed by atoms with E-state index in [-0.39, 0.29) is 5.91 Å². The van der Waals surface area contributed by atoms with Gasteiger partial charge in [-0.15, -0.1) is 0 Å². The van der Waals surface area contributed by atoms with Crippen molar-refractivity contribution in [2.24, 2.45) is 0 Å². The first-order chi connectivity index (χ1) is 5.07. The minimum Gasteiger partial charge on any atom is -0.330 e. The van der Waals surface area contributed by atoms with Crippen molar-refractivity contribution in [1.82, 2.24) is 5.32 Å². The van der Waals surface area contributed by atoms with Gasteiger partial charge in [0.25, 0.3) is 0 Å². The SMILES string of the molecule is CC(=O)N/C(C)=C(/C)CC=O. The minimum absolute atomic E-state index is 0.104. The highest BCUT2D eigenvalue weighted by molar-refractivity contribution is 5.75. The fraction of sp³-hybridized carbons (Fsp3) is 0.500. The molecule has 0 aliphatic carbocycles. The van der Waals surface area contributed by atoms with Crippen molar-refractivity contribution in [3.05, 3.63) is 11.3 Å². The summed E-state index contributed by atoms with van der Waals surface area (Å²) in [5.41, 5.74) is 1.67. The van der Waals surface area contributed by atoms with Crippen molar-refractivity contribution in [3.8, 4) is 0 Å². The van der Waals surface area contributed by atoms with Crippen molar-refractivity contribution in [1.29, 1.82) is 0 Å². The quantitative estimate of drug-likeness (QED) is 0.618. The van der Waals surface area contributed by atoms with Gasteiger partial charge in [0.1, 0.15) is 6.29 Å². The predicted octanol–water partition coefficient (Wildman–Crippen LogP) is 1.01. The van der Waals surface area contributed by atoms with E-state index in [1.165, 1.54) is 6.92 Å². The van der Waals surface area contributed by atoms with Crippen LogP contribution in [0.15, 0.2) is 11.3 Å². The molecule has 1 amide bonds. The molecule has 0 rings (SSSR count). The summed E-state index contributed by atoms with van der Waals surface area (Å²) in [6.45, 7) is 5.04. The molecule has 0 atom stereocenters. The number of aldehydes is 1. The maximum Gasteiger partial charge on any atom is 0.220 e. The molecule has 0 saturated carbocycles. The number of allylic oxidation sites excluding steroid dienone is 2. The molecule has 0 radical (unpaired) electrons. The highest BCUT2D eigenvalue weighted by Crippen LogP contribution is 2.02. The van der Waals surface area contributed by atoms with Crippen LogP contribution in [-0.4, -0.2) is 12.2 Å². The molecule has 0 heterocycles. The van der Waals surface area contributed by atoms with Crippen LogP contribution in [0.1, 0.15) is 27.2 Å². The number of carbonyl (C=O) groups excluding carboxylic acids is 2. The molecule has 0 spiro atoms. The van der Waals surface area contributed by atoms with E-state index in [0.29, 0.717) is 6.42 Å². The summed E-state index contributed by atoms with van der Waals surface area (Å²) in [6.07, 6.45) is 1.20. The van der Waals surface area contributed by atoms with Crippen molar-refractivity contribution in [2.75, 3.05) is 0 Å². The van der Waals surface area contributed by atoms with Crippen LogP contribution in [0.25, 0.3) is 0 Å². The first-order valence-corrected chi connectivity index (χ1v) is 3.45. The fourth-order valence-corrected chi connectivity index (χ4v) is 0.649. The summed E-state index contributed by atoms with van der Waals surface area (Å²) >= 11 is 0. The number of nitrogens with one attached hydrogen (secondary N) is 1. The second-order valence-electron chi connectivity index (χ2n) is 2.46. The highest BCUT2D eigenvalue weighted by Gasteiger charge is 1.97. The standard InChI is InChI=1S/C8H13NO2/c1-6(4-5-10)7(2)9-8(3)11/h5H,4H2,1-3H3,(H,9,11)/b7-6-. The van der Waals surface area contributed by atoms with Crippen LogP contribution in [0.3, 0.4) is 0 Å². The zero-order valence-corrected chi connectivity index (χ0v) is 7.10. The van der Waals surface area contributed by atoms with Gasteiger partial charge in [-0.25, -0.2) is 0 Å². The van der Waals surface area contributed by atoms with Crippen molar-refractivity contribution in [3.63, 3.8) is 0 Å². The molecule has 3 nitrogen and oxygen atoms in total. The Hall–Kier alpha value is -1.12. The topological polar surface area (TPSA) is 46.2 Å². The molecule has 0 fully saturated rings. The van der Waals surface area contributed by atoms with E-state index >= 15 is 0 Å². The summed E-state index contributed by atoms with van der Waals surface area (Å²) in [5.74, 6) is -0.104. The molecule has 62 valence electrons. The van der Waals surface area contributed by atoms with Crippen LogP contribution in [0.2, 0.25) is 0 Å². The Kier molecular flexibility index (Phi) is 4.18. The third kappa shape index (κ3) is 4.31. The van der Waals surface area contributed by atoms with Gasteiger partial charge >= 0.3 is 0 Å². The summed E-state index contributed by atoms with van der Waals surface area (Å²) in [6, 6.07) is 0. The van der Waals surface area contributed by atoms with E-state index in [9.17, 15) is 9.59 Å². The zero-order valence-electron chi connectivity index (χ0n) is 7.10. The lowest BCUT2D eigenvalue weighted by atomic mass is 10.2. The summed E-state index contributed by atoms with van der Waals surface area (Å²) in [7, 11) is 0. The van der Waals surface area contributed by atoms with E-state index < -0.39 is 0 Å². The van der Waals surface area contributed by atoms with E-state index in [0.717, 1.165) is 17.6 Å². The lowest BCUT2D eigenvalue weighted by Gasteiger charge is -2.04. The molecule has 0 aliphatic rings. The molecule has 1 N–H and O–H groups in total. The Morgan fingerprint density at radius 1 is 1.36 bits per heavy atom. The Morgan fingerprint density at radius 3 is 2.27 bits per heavy atom. The molecule has 0 aromatic rings. The van der Waals surface area contributed by atoms with Crippen LogP contribution in [0.5, 0.6) is 0 Å². The van der Waals surface area contributed by atoms with Crippen molar-refractivity contribution < 1.29 is 9.59 Å². The third-order valence-electron chi connectivity index (χ3n) is 1.39. The Labute approximate surface area is 66.5 Å². The number of hydrogen-bond donors (Lipinski definition) is 1. The molecular formula is C8H13NO2. The Balaban J connectivity index is 4.14. The molecule has 0 bridgehead atoms. The molecule has 0 aromatic carbocycles. The number of carbonyl (C=O) groups is 2. The normalized spacial score (nSPS) is 11.9. The van der Waals surface area contributed by atoms with Gasteiger partial charge in [0.15, 0.2) is 0 Å². The maximum absolute atomic E-state index is 10.5. The average molecular weight is 155 g/mol. The van der Waals surface area contributed by atoms with Gasteiger partial charge in [-0.1, -0.05) is 0 Å². The van der Waals surface area contributed by atoms with Crippen LogP contribution < -0.4 is 5.32 Å². The first kappa shape index (κ1) is 9.88.